The number of carbonyl (C=O) groups is 4. The molecule has 2 heterocycles. The van der Waals surface area contributed by atoms with Gasteiger partial charge in [0, 0.05) is 52.3 Å². The minimum absolute atomic E-state index is 0.0163. The molecule has 5 aromatic rings. The lowest BCUT2D eigenvalue weighted by Crippen LogP contribution is -2.30. The highest BCUT2D eigenvalue weighted by Gasteiger charge is 2.30. The first kappa shape index (κ1) is 40.8. The van der Waals surface area contributed by atoms with E-state index in [2.05, 4.69) is 33.0 Å². The Bertz CT molecular complexity index is 2260. The Kier molecular flexibility index (Phi) is 13.8. The largest absolute Gasteiger partial charge is 0.497 e. The summed E-state index contributed by atoms with van der Waals surface area (Å²) >= 11 is 2.73. The Morgan fingerprint density at radius 1 is 0.895 bits per heavy atom. The van der Waals surface area contributed by atoms with Crippen LogP contribution in [0.5, 0.6) is 11.5 Å². The highest BCUT2D eigenvalue weighted by Crippen LogP contribution is 2.39. The van der Waals surface area contributed by atoms with Crippen molar-refractivity contribution < 1.29 is 33.4 Å². The number of hydrogen-bond acceptors (Lipinski definition) is 10. The number of carbonyl (C=O) groups excluding carboxylic acids is 4. The quantitative estimate of drug-likeness (QED) is 0.0546. The SMILES string of the molecule is CCOC(=O)c1c(NC(=O)C(C)Sc2cccc(NC(=O)/C(=C\c3ccc(OC)cc3OC)NC(=O)c3ccccc3)c2)sc2c1CCN(Cc1ccccc1)C2. The van der Waals surface area contributed by atoms with Gasteiger partial charge >= 0.3 is 5.97 Å². The highest BCUT2D eigenvalue weighted by atomic mass is 32.2. The monoisotopic (exact) mass is 804 g/mol. The lowest BCUT2D eigenvalue weighted by atomic mass is 10.0. The molecule has 0 aliphatic carbocycles. The number of anilines is 2. The molecule has 0 saturated heterocycles. The van der Waals surface area contributed by atoms with E-state index < -0.39 is 23.0 Å². The fourth-order valence-corrected chi connectivity index (χ4v) is 8.50. The zero-order valence-corrected chi connectivity index (χ0v) is 33.8. The molecule has 1 atom stereocenters. The van der Waals surface area contributed by atoms with Crippen LogP contribution in [0, 0.1) is 0 Å². The number of esters is 1. The number of amides is 3. The van der Waals surface area contributed by atoms with Gasteiger partial charge in [0.1, 0.15) is 22.2 Å². The molecular formula is C44H44N4O7S2. The van der Waals surface area contributed by atoms with Crippen LogP contribution in [0.4, 0.5) is 10.7 Å². The average molecular weight is 805 g/mol. The van der Waals surface area contributed by atoms with Crippen LogP contribution >= 0.6 is 23.1 Å². The van der Waals surface area contributed by atoms with Gasteiger partial charge in [-0.25, -0.2) is 4.79 Å². The maximum absolute atomic E-state index is 13.8. The van der Waals surface area contributed by atoms with Crippen molar-refractivity contribution in [2.24, 2.45) is 0 Å². The lowest BCUT2D eigenvalue weighted by Gasteiger charge is -2.27. The summed E-state index contributed by atoms with van der Waals surface area (Å²) in [5.41, 5.74) is 3.94. The van der Waals surface area contributed by atoms with E-state index in [4.69, 9.17) is 14.2 Å². The molecule has 1 aliphatic rings. The van der Waals surface area contributed by atoms with E-state index >= 15 is 0 Å². The molecule has 11 nitrogen and oxygen atoms in total. The van der Waals surface area contributed by atoms with Gasteiger partial charge < -0.3 is 30.2 Å². The molecule has 3 amide bonds. The Morgan fingerprint density at radius 3 is 2.37 bits per heavy atom. The van der Waals surface area contributed by atoms with Crippen molar-refractivity contribution in [1.29, 1.82) is 0 Å². The second kappa shape index (κ2) is 19.3. The van der Waals surface area contributed by atoms with Gasteiger partial charge in [-0.15, -0.1) is 23.1 Å². The van der Waals surface area contributed by atoms with Gasteiger partial charge in [-0.1, -0.05) is 54.6 Å². The van der Waals surface area contributed by atoms with Gasteiger partial charge in [0.25, 0.3) is 11.8 Å². The van der Waals surface area contributed by atoms with E-state index in [1.807, 2.05) is 24.3 Å². The zero-order valence-electron chi connectivity index (χ0n) is 32.1. The molecule has 1 aliphatic heterocycles. The summed E-state index contributed by atoms with van der Waals surface area (Å²) in [6.07, 6.45) is 2.21. The number of hydrogen-bond donors (Lipinski definition) is 3. The predicted octanol–water partition coefficient (Wildman–Crippen LogP) is 8.03. The van der Waals surface area contributed by atoms with Crippen LogP contribution in [0.15, 0.2) is 114 Å². The summed E-state index contributed by atoms with van der Waals surface area (Å²) in [4.78, 5) is 58.0. The first-order valence-electron chi connectivity index (χ1n) is 18.4. The van der Waals surface area contributed by atoms with E-state index in [-0.39, 0.29) is 18.2 Å². The summed E-state index contributed by atoms with van der Waals surface area (Å²) in [6, 6.07) is 31.1. The molecule has 0 spiro atoms. The van der Waals surface area contributed by atoms with E-state index in [9.17, 15) is 19.2 Å². The van der Waals surface area contributed by atoms with Gasteiger partial charge in [0.15, 0.2) is 0 Å². The van der Waals surface area contributed by atoms with E-state index in [0.717, 1.165) is 28.4 Å². The molecule has 0 bridgehead atoms. The molecular weight excluding hydrogens is 761 g/mol. The predicted molar refractivity (Wildman–Crippen MR) is 225 cm³/mol. The van der Waals surface area contributed by atoms with Crippen LogP contribution in [0.2, 0.25) is 0 Å². The lowest BCUT2D eigenvalue weighted by molar-refractivity contribution is -0.115. The minimum atomic E-state index is -0.569. The smallest absolute Gasteiger partial charge is 0.341 e. The molecule has 1 aromatic heterocycles. The Balaban J connectivity index is 1.16. The zero-order chi connectivity index (χ0) is 40.3. The molecule has 0 saturated carbocycles. The van der Waals surface area contributed by atoms with Crippen molar-refractivity contribution in [3.8, 4) is 11.5 Å². The molecule has 6 rings (SSSR count). The number of nitrogens with one attached hydrogen (secondary N) is 3. The maximum Gasteiger partial charge on any atom is 0.341 e. The van der Waals surface area contributed by atoms with Crippen molar-refractivity contribution >= 4 is 63.6 Å². The van der Waals surface area contributed by atoms with E-state index in [0.29, 0.717) is 51.8 Å². The second-order valence-corrected chi connectivity index (χ2v) is 15.6. The molecule has 3 N–H and O–H groups in total. The van der Waals surface area contributed by atoms with Gasteiger partial charge in [0.05, 0.1) is 31.6 Å². The molecule has 0 radical (unpaired) electrons. The fraction of sp³-hybridized carbons (Fsp3) is 0.227. The summed E-state index contributed by atoms with van der Waals surface area (Å²) in [7, 11) is 3.05. The van der Waals surface area contributed by atoms with Gasteiger partial charge in [-0.3, -0.25) is 19.3 Å². The summed E-state index contributed by atoms with van der Waals surface area (Å²) < 4.78 is 16.3. The first-order chi connectivity index (χ1) is 27.6. The third-order valence-electron chi connectivity index (χ3n) is 9.14. The van der Waals surface area contributed by atoms with Crippen LogP contribution < -0.4 is 25.4 Å². The molecule has 13 heteroatoms. The number of nitrogens with zero attached hydrogens (tertiary/aromatic N) is 1. The van der Waals surface area contributed by atoms with Gasteiger partial charge in [0.2, 0.25) is 5.91 Å². The summed E-state index contributed by atoms with van der Waals surface area (Å²) in [6.45, 7) is 6.01. The fourth-order valence-electron chi connectivity index (χ4n) is 6.29. The number of thioether (sulfide) groups is 1. The third-order valence-corrected chi connectivity index (χ3v) is 11.4. The Labute approximate surface area is 340 Å². The van der Waals surface area contributed by atoms with Crippen LogP contribution in [-0.2, 0) is 33.8 Å². The molecule has 0 fully saturated rings. The normalized spacial score (nSPS) is 13.2. The van der Waals surface area contributed by atoms with Crippen LogP contribution in [0.1, 0.15) is 56.1 Å². The van der Waals surface area contributed by atoms with Gasteiger partial charge in [-0.2, -0.15) is 0 Å². The van der Waals surface area contributed by atoms with Crippen molar-refractivity contribution in [2.45, 2.75) is 43.5 Å². The first-order valence-corrected chi connectivity index (χ1v) is 20.1. The Morgan fingerprint density at radius 2 is 1.65 bits per heavy atom. The van der Waals surface area contributed by atoms with Crippen LogP contribution in [0.3, 0.4) is 0 Å². The van der Waals surface area contributed by atoms with Gasteiger partial charge in [-0.05, 0) is 79.9 Å². The average Bonchev–Trinajstić information content (AvgIpc) is 3.58. The van der Waals surface area contributed by atoms with Crippen LogP contribution in [-0.4, -0.2) is 61.2 Å². The number of benzene rings is 4. The van der Waals surface area contributed by atoms with Crippen molar-refractivity contribution in [1.82, 2.24) is 10.2 Å². The number of fused-ring (bicyclic) bond motifs is 1. The number of methoxy groups -OCH3 is 2. The van der Waals surface area contributed by atoms with Crippen molar-refractivity contribution in [3.63, 3.8) is 0 Å². The van der Waals surface area contributed by atoms with Crippen molar-refractivity contribution in [2.75, 3.05) is 38.0 Å². The summed E-state index contributed by atoms with van der Waals surface area (Å²) in [5.74, 6) is -0.732. The van der Waals surface area contributed by atoms with Crippen LogP contribution in [0.25, 0.3) is 6.08 Å². The Hall–Kier alpha value is -5.89. The minimum Gasteiger partial charge on any atom is -0.497 e. The molecule has 57 heavy (non-hydrogen) atoms. The summed E-state index contributed by atoms with van der Waals surface area (Å²) in [5, 5.41) is 8.59. The van der Waals surface area contributed by atoms with E-state index in [1.165, 1.54) is 41.8 Å². The highest BCUT2D eigenvalue weighted by molar-refractivity contribution is 8.00. The van der Waals surface area contributed by atoms with E-state index in [1.54, 1.807) is 87.7 Å². The molecule has 4 aromatic carbocycles. The number of ether oxygens (including phenoxy) is 3. The third kappa shape index (κ3) is 10.5. The topological polar surface area (TPSA) is 135 Å². The number of rotatable bonds is 15. The second-order valence-electron chi connectivity index (χ2n) is 13.1. The van der Waals surface area contributed by atoms with Crippen molar-refractivity contribution in [3.05, 3.63) is 142 Å². The maximum atomic E-state index is 13.8. The standard InChI is InChI=1S/C44H44N4O7S2/c1-5-55-44(52)39-35-21-22-48(26-29-13-8-6-9-14-29)27-38(35)57-43(39)47-40(49)28(2)56-34-18-12-17-32(24-34)45-42(51)36(46-41(50)30-15-10-7-11-16-30)23-31-19-20-33(53-3)25-37(31)54-4/h6-20,23-25,28H,5,21-22,26-27H2,1-4H3,(H,45,51)(H,46,50)(H,47,49)/b36-23+. The molecule has 1 unspecified atom stereocenters. The molecule has 294 valence electrons. The number of thiophene rings is 1.